The molecule has 76 valence electrons. The third-order valence-electron chi connectivity index (χ3n) is 2.01. The summed E-state index contributed by atoms with van der Waals surface area (Å²) in [7, 11) is 0. The van der Waals surface area contributed by atoms with Gasteiger partial charge >= 0.3 is 0 Å². The maximum Gasteiger partial charge on any atom is 0.220 e. The van der Waals surface area contributed by atoms with E-state index in [4.69, 9.17) is 0 Å². The number of amides is 1. The van der Waals surface area contributed by atoms with Gasteiger partial charge in [0.05, 0.1) is 6.04 Å². The van der Waals surface area contributed by atoms with Gasteiger partial charge in [0.1, 0.15) is 0 Å². The first-order valence-electron chi connectivity index (χ1n) is 4.68. The summed E-state index contributed by atoms with van der Waals surface area (Å²) >= 11 is 3.40. The zero-order valence-corrected chi connectivity index (χ0v) is 9.75. The first-order valence-corrected chi connectivity index (χ1v) is 5.80. The smallest absolute Gasteiger partial charge is 0.220 e. The number of halogens is 1. The summed E-state index contributed by atoms with van der Waals surface area (Å²) in [5.41, 5.74) is 1.13. The summed E-state index contributed by atoms with van der Waals surface area (Å²) in [4.78, 5) is 11.2. The van der Waals surface area contributed by atoms with E-state index in [9.17, 15) is 4.79 Å². The summed E-state index contributed by atoms with van der Waals surface area (Å²) in [5, 5.41) is 3.69. The Balaban J connectivity index is 2.68. The topological polar surface area (TPSA) is 29.1 Å². The molecule has 0 aliphatic rings. The van der Waals surface area contributed by atoms with E-state index in [0.29, 0.717) is 6.42 Å². The van der Waals surface area contributed by atoms with E-state index in [-0.39, 0.29) is 11.9 Å². The van der Waals surface area contributed by atoms with Crippen LogP contribution >= 0.6 is 15.9 Å². The fourth-order valence-electron chi connectivity index (χ4n) is 1.19. The molecule has 2 nitrogen and oxygen atoms in total. The highest BCUT2D eigenvalue weighted by Crippen LogP contribution is 2.14. The molecule has 1 aromatic carbocycles. The predicted molar refractivity (Wildman–Crippen MR) is 61.4 cm³/mol. The molecule has 0 aliphatic carbocycles. The highest BCUT2D eigenvalue weighted by molar-refractivity contribution is 9.09. The van der Waals surface area contributed by atoms with Crippen molar-refractivity contribution in [1.29, 1.82) is 0 Å². The molecular formula is C11H14BrNO. The van der Waals surface area contributed by atoms with Crippen molar-refractivity contribution in [1.82, 2.24) is 5.32 Å². The van der Waals surface area contributed by atoms with Crippen LogP contribution in [0.2, 0.25) is 0 Å². The standard InChI is InChI=1S/C11H14BrNO/c1-2-11(14)13-10(8-12)9-6-4-3-5-7-9/h3-7,10H,2,8H2,1H3,(H,13,14). The minimum atomic E-state index is 0.0728. The zero-order valence-electron chi connectivity index (χ0n) is 8.16. The second-order valence-corrected chi connectivity index (χ2v) is 3.69. The summed E-state index contributed by atoms with van der Waals surface area (Å²) in [5.74, 6) is 0.0818. The normalized spacial score (nSPS) is 12.1. The molecule has 0 saturated heterocycles. The van der Waals surface area contributed by atoms with E-state index in [2.05, 4.69) is 21.2 Å². The SMILES string of the molecule is CCC(=O)NC(CBr)c1ccccc1. The van der Waals surface area contributed by atoms with E-state index < -0.39 is 0 Å². The van der Waals surface area contributed by atoms with Gasteiger partial charge in [-0.05, 0) is 5.56 Å². The molecule has 0 fully saturated rings. The van der Waals surface area contributed by atoms with Crippen LogP contribution in [0.4, 0.5) is 0 Å². The van der Waals surface area contributed by atoms with E-state index in [1.54, 1.807) is 0 Å². The van der Waals surface area contributed by atoms with Crippen LogP contribution in [-0.2, 0) is 4.79 Å². The van der Waals surface area contributed by atoms with Crippen molar-refractivity contribution in [3.63, 3.8) is 0 Å². The molecule has 0 spiro atoms. The summed E-state index contributed by atoms with van der Waals surface area (Å²) < 4.78 is 0. The van der Waals surface area contributed by atoms with Crippen LogP contribution in [0, 0.1) is 0 Å². The molecule has 0 radical (unpaired) electrons. The van der Waals surface area contributed by atoms with Crippen molar-refractivity contribution in [3.05, 3.63) is 35.9 Å². The predicted octanol–water partition coefficient (Wildman–Crippen LogP) is 2.65. The lowest BCUT2D eigenvalue weighted by atomic mass is 10.1. The molecule has 1 atom stereocenters. The molecule has 0 aromatic heterocycles. The van der Waals surface area contributed by atoms with Crippen LogP contribution in [0.3, 0.4) is 0 Å². The van der Waals surface area contributed by atoms with Crippen molar-refractivity contribution in [3.8, 4) is 0 Å². The maximum atomic E-state index is 11.2. The van der Waals surface area contributed by atoms with Crippen molar-refractivity contribution < 1.29 is 4.79 Å². The van der Waals surface area contributed by atoms with Gasteiger partial charge in [-0.2, -0.15) is 0 Å². The number of alkyl halides is 1. The molecule has 0 heterocycles. The Morgan fingerprint density at radius 3 is 2.57 bits per heavy atom. The second-order valence-electron chi connectivity index (χ2n) is 3.04. The van der Waals surface area contributed by atoms with E-state index in [0.717, 1.165) is 10.9 Å². The minimum Gasteiger partial charge on any atom is -0.348 e. The third-order valence-corrected chi connectivity index (χ3v) is 2.66. The van der Waals surface area contributed by atoms with Gasteiger partial charge < -0.3 is 5.32 Å². The lowest BCUT2D eigenvalue weighted by Crippen LogP contribution is -2.28. The number of nitrogens with one attached hydrogen (secondary N) is 1. The molecule has 0 bridgehead atoms. The van der Waals surface area contributed by atoms with Crippen molar-refractivity contribution in [2.24, 2.45) is 0 Å². The largest absolute Gasteiger partial charge is 0.348 e. The van der Waals surface area contributed by atoms with Crippen LogP contribution in [0.25, 0.3) is 0 Å². The average Bonchev–Trinajstić information content (AvgIpc) is 2.26. The molecule has 1 aromatic rings. The highest BCUT2D eigenvalue weighted by atomic mass is 79.9. The minimum absolute atomic E-state index is 0.0728. The van der Waals surface area contributed by atoms with Gasteiger partial charge in [-0.1, -0.05) is 53.2 Å². The van der Waals surface area contributed by atoms with E-state index >= 15 is 0 Å². The Bertz CT molecular complexity index is 287. The van der Waals surface area contributed by atoms with E-state index in [1.807, 2.05) is 37.3 Å². The first kappa shape index (κ1) is 11.2. The number of hydrogen-bond acceptors (Lipinski definition) is 1. The van der Waals surface area contributed by atoms with Gasteiger partial charge in [0.25, 0.3) is 0 Å². The number of benzene rings is 1. The van der Waals surface area contributed by atoms with Gasteiger partial charge in [0.2, 0.25) is 5.91 Å². The van der Waals surface area contributed by atoms with Gasteiger partial charge in [0.15, 0.2) is 0 Å². The van der Waals surface area contributed by atoms with Gasteiger partial charge in [0, 0.05) is 11.8 Å². The molecule has 3 heteroatoms. The Morgan fingerprint density at radius 2 is 2.07 bits per heavy atom. The molecular weight excluding hydrogens is 242 g/mol. The van der Waals surface area contributed by atoms with Crippen LogP contribution < -0.4 is 5.32 Å². The summed E-state index contributed by atoms with van der Waals surface area (Å²) in [6.45, 7) is 1.85. The Kier molecular flexibility index (Phi) is 4.66. The van der Waals surface area contributed by atoms with Crippen LogP contribution in [0.1, 0.15) is 24.9 Å². The number of carbonyl (C=O) groups is 1. The Hall–Kier alpha value is -0.830. The fraction of sp³-hybridized carbons (Fsp3) is 0.364. The van der Waals surface area contributed by atoms with Crippen molar-refractivity contribution in [2.75, 3.05) is 5.33 Å². The quantitative estimate of drug-likeness (QED) is 0.824. The first-order chi connectivity index (χ1) is 6.77. The van der Waals surface area contributed by atoms with Gasteiger partial charge in [-0.25, -0.2) is 0 Å². The van der Waals surface area contributed by atoms with Gasteiger partial charge in [-0.15, -0.1) is 0 Å². The van der Waals surface area contributed by atoms with Crippen molar-refractivity contribution >= 4 is 21.8 Å². The fourth-order valence-corrected chi connectivity index (χ4v) is 1.73. The Morgan fingerprint density at radius 1 is 1.43 bits per heavy atom. The second kappa shape index (κ2) is 5.81. The molecule has 1 amide bonds. The average molecular weight is 256 g/mol. The highest BCUT2D eigenvalue weighted by Gasteiger charge is 2.10. The molecule has 0 aliphatic heterocycles. The Labute approximate surface area is 92.8 Å². The lowest BCUT2D eigenvalue weighted by molar-refractivity contribution is -0.121. The molecule has 0 saturated carbocycles. The monoisotopic (exact) mass is 255 g/mol. The van der Waals surface area contributed by atoms with Gasteiger partial charge in [-0.3, -0.25) is 4.79 Å². The van der Waals surface area contributed by atoms with E-state index in [1.165, 1.54) is 0 Å². The number of rotatable bonds is 4. The van der Waals surface area contributed by atoms with Crippen LogP contribution in [0.15, 0.2) is 30.3 Å². The number of hydrogen-bond donors (Lipinski definition) is 1. The van der Waals surface area contributed by atoms with Crippen molar-refractivity contribution in [2.45, 2.75) is 19.4 Å². The maximum absolute atomic E-state index is 11.2. The molecule has 1 rings (SSSR count). The molecule has 1 unspecified atom stereocenters. The van der Waals surface area contributed by atoms with Crippen LogP contribution in [-0.4, -0.2) is 11.2 Å². The lowest BCUT2D eigenvalue weighted by Gasteiger charge is -2.15. The molecule has 14 heavy (non-hydrogen) atoms. The third kappa shape index (κ3) is 3.14. The van der Waals surface area contributed by atoms with Crippen LogP contribution in [0.5, 0.6) is 0 Å². The molecule has 1 N–H and O–H groups in total. The number of carbonyl (C=O) groups excluding carboxylic acids is 1. The zero-order chi connectivity index (χ0) is 10.4. The summed E-state index contributed by atoms with van der Waals surface area (Å²) in [6, 6.07) is 10.0. The summed E-state index contributed by atoms with van der Waals surface area (Å²) in [6.07, 6.45) is 0.524.